The zero-order valence-electron chi connectivity index (χ0n) is 28.4. The van der Waals surface area contributed by atoms with Gasteiger partial charge in [-0.05, 0) is 109 Å². The molecule has 0 aromatic carbocycles. The minimum Gasteiger partial charge on any atom is -0.481 e. The fourth-order valence-corrected chi connectivity index (χ4v) is 11.9. The third-order valence-electron chi connectivity index (χ3n) is 14.5. The van der Waals surface area contributed by atoms with Crippen LogP contribution in [0.1, 0.15) is 139 Å². The van der Waals surface area contributed by atoms with Crippen molar-refractivity contribution in [1.29, 1.82) is 0 Å². The lowest BCUT2D eigenvalue weighted by atomic mass is 9.33. The van der Waals surface area contributed by atoms with Gasteiger partial charge in [0.1, 0.15) is 6.10 Å². The van der Waals surface area contributed by atoms with E-state index in [4.69, 9.17) is 4.74 Å². The smallest absolute Gasteiger partial charge is 0.310 e. The second kappa shape index (κ2) is 10.1. The van der Waals surface area contributed by atoms with E-state index in [1.165, 1.54) is 5.57 Å². The van der Waals surface area contributed by atoms with Crippen molar-refractivity contribution in [2.45, 2.75) is 145 Å². The number of rotatable bonds is 6. The molecule has 0 aromatic heterocycles. The molecule has 6 nitrogen and oxygen atoms in total. The number of allylic oxidation sites excluding steroid dienone is 2. The number of hydrogen-bond donors (Lipinski definition) is 2. The number of hydrogen-bond acceptors (Lipinski definition) is 4. The Labute approximate surface area is 259 Å². The first kappa shape index (κ1) is 32.5. The number of carboxylic acids is 2. The van der Waals surface area contributed by atoms with Crippen molar-refractivity contribution in [1.82, 2.24) is 0 Å². The number of ether oxygens (including phenoxy) is 1. The number of esters is 1. The lowest BCUT2D eigenvalue weighted by molar-refractivity contribution is -0.214. The number of carbonyl (C=O) groups is 3. The van der Waals surface area contributed by atoms with E-state index >= 15 is 0 Å². The summed E-state index contributed by atoms with van der Waals surface area (Å²) in [7, 11) is 0. The summed E-state index contributed by atoms with van der Waals surface area (Å²) in [4.78, 5) is 37.3. The maximum atomic E-state index is 13.1. The van der Waals surface area contributed by atoms with Crippen LogP contribution in [0.25, 0.3) is 0 Å². The van der Waals surface area contributed by atoms with Crippen molar-refractivity contribution in [3.63, 3.8) is 0 Å². The molecule has 5 aliphatic rings. The molecule has 5 aliphatic carbocycles. The molecule has 0 radical (unpaired) electrons. The molecule has 43 heavy (non-hydrogen) atoms. The Morgan fingerprint density at radius 3 is 2.14 bits per heavy atom. The summed E-state index contributed by atoms with van der Waals surface area (Å²) in [6, 6.07) is 0. The molecule has 0 aliphatic heterocycles. The van der Waals surface area contributed by atoms with Crippen LogP contribution in [0.4, 0.5) is 0 Å². The van der Waals surface area contributed by atoms with Gasteiger partial charge in [0.05, 0.1) is 18.3 Å². The highest BCUT2D eigenvalue weighted by molar-refractivity contribution is 5.76. The SMILES string of the molecule is CC(C)(CC(=O)O)CC(=O)O[C@H]1CC[C@]2(C)[C@H]3CC=C4[C@@H]5CC(C)(C)CC[C@]5(C(=O)O)CC[C@@]4(C)[C@]3(C)CC[C@H]2C1(C)C. The van der Waals surface area contributed by atoms with Gasteiger partial charge in [-0.15, -0.1) is 0 Å². The van der Waals surface area contributed by atoms with Crippen LogP contribution in [-0.2, 0) is 19.1 Å². The highest BCUT2D eigenvalue weighted by Crippen LogP contribution is 2.75. The molecule has 0 bridgehead atoms. The number of fused-ring (bicyclic) bond motifs is 7. The molecular formula is C37H58O6. The van der Waals surface area contributed by atoms with E-state index in [-0.39, 0.29) is 57.9 Å². The Bertz CT molecular complexity index is 1210. The van der Waals surface area contributed by atoms with Crippen molar-refractivity contribution in [3.05, 3.63) is 11.6 Å². The van der Waals surface area contributed by atoms with Crippen molar-refractivity contribution in [2.24, 2.45) is 55.7 Å². The molecule has 6 heteroatoms. The standard InChI is InChI=1S/C37H58O6/c1-31(2)16-18-37(30(41)42)19-17-35(8)23(24(37)20-31)10-11-26-34(7)14-13-27(33(5,6)25(34)12-15-36(26,35)9)43-29(40)22-32(3,4)21-28(38)39/h10,24-27H,11-22H2,1-9H3,(H,38,39)(H,41,42)/t24-,25-,26+,27-,34-,35+,36+,37-/m0/s1. The van der Waals surface area contributed by atoms with Gasteiger partial charge in [-0.25, -0.2) is 0 Å². The Kier molecular flexibility index (Phi) is 7.63. The number of aliphatic carboxylic acids is 2. The summed E-state index contributed by atoms with van der Waals surface area (Å²) < 4.78 is 6.20. The van der Waals surface area contributed by atoms with Gasteiger partial charge < -0.3 is 14.9 Å². The maximum Gasteiger partial charge on any atom is 0.310 e. The van der Waals surface area contributed by atoms with E-state index in [1.807, 2.05) is 13.8 Å². The first-order valence-corrected chi connectivity index (χ1v) is 17.0. The molecule has 0 heterocycles. The third kappa shape index (κ3) is 4.90. The lowest BCUT2D eigenvalue weighted by Crippen LogP contribution is -2.65. The molecule has 0 saturated heterocycles. The lowest BCUT2D eigenvalue weighted by Gasteiger charge is -2.71. The molecule has 0 aromatic rings. The normalized spacial score (nSPS) is 43.1. The zero-order chi connectivity index (χ0) is 32.0. The van der Waals surface area contributed by atoms with Crippen LogP contribution in [-0.4, -0.2) is 34.2 Å². The molecule has 2 N–H and O–H groups in total. The molecule has 242 valence electrons. The molecule has 4 saturated carbocycles. The third-order valence-corrected chi connectivity index (χ3v) is 14.5. The average Bonchev–Trinajstić information content (AvgIpc) is 2.84. The summed E-state index contributed by atoms with van der Waals surface area (Å²) in [5.41, 5.74) is 0.348. The molecular weight excluding hydrogens is 540 g/mol. The summed E-state index contributed by atoms with van der Waals surface area (Å²) in [6.07, 6.45) is 11.9. The van der Waals surface area contributed by atoms with Crippen LogP contribution in [0.5, 0.6) is 0 Å². The van der Waals surface area contributed by atoms with E-state index < -0.39 is 22.8 Å². The molecule has 0 unspecified atom stereocenters. The molecule has 0 spiro atoms. The molecule has 0 amide bonds. The van der Waals surface area contributed by atoms with Crippen molar-refractivity contribution in [3.8, 4) is 0 Å². The monoisotopic (exact) mass is 598 g/mol. The quantitative estimate of drug-likeness (QED) is 0.234. The number of carboxylic acid groups (broad SMARTS) is 2. The van der Waals surface area contributed by atoms with Crippen LogP contribution < -0.4 is 0 Å². The fraction of sp³-hybridized carbons (Fsp3) is 0.865. The van der Waals surface area contributed by atoms with Crippen LogP contribution in [0.2, 0.25) is 0 Å². The predicted octanol–water partition coefficient (Wildman–Crippen LogP) is 8.68. The molecule has 5 rings (SSSR count). The summed E-state index contributed by atoms with van der Waals surface area (Å²) >= 11 is 0. The minimum atomic E-state index is -0.894. The fourth-order valence-electron chi connectivity index (χ4n) is 11.9. The van der Waals surface area contributed by atoms with Gasteiger partial charge in [-0.3, -0.25) is 14.4 Å². The van der Waals surface area contributed by atoms with E-state index in [0.29, 0.717) is 11.8 Å². The Morgan fingerprint density at radius 1 is 0.860 bits per heavy atom. The van der Waals surface area contributed by atoms with Gasteiger partial charge in [-0.2, -0.15) is 0 Å². The van der Waals surface area contributed by atoms with Gasteiger partial charge in [0.15, 0.2) is 0 Å². The largest absolute Gasteiger partial charge is 0.481 e. The van der Waals surface area contributed by atoms with Gasteiger partial charge in [-0.1, -0.05) is 74.0 Å². The van der Waals surface area contributed by atoms with Crippen LogP contribution in [0, 0.1) is 55.7 Å². The zero-order valence-corrected chi connectivity index (χ0v) is 28.4. The van der Waals surface area contributed by atoms with E-state index in [0.717, 1.165) is 64.2 Å². The van der Waals surface area contributed by atoms with Gasteiger partial charge in [0.25, 0.3) is 0 Å². The summed E-state index contributed by atoms with van der Waals surface area (Å²) in [6.45, 7) is 20.4. The van der Waals surface area contributed by atoms with E-state index in [2.05, 4.69) is 54.5 Å². The molecule has 4 fully saturated rings. The Hall–Kier alpha value is -1.85. The maximum absolute atomic E-state index is 13.1. The second-order valence-electron chi connectivity index (χ2n) is 18.4. The minimum absolute atomic E-state index is 0.00981. The van der Waals surface area contributed by atoms with Gasteiger partial charge in [0, 0.05) is 5.41 Å². The Balaban J connectivity index is 1.42. The first-order valence-electron chi connectivity index (χ1n) is 17.0. The topological polar surface area (TPSA) is 101 Å². The average molecular weight is 599 g/mol. The predicted molar refractivity (Wildman–Crippen MR) is 167 cm³/mol. The van der Waals surface area contributed by atoms with Gasteiger partial charge in [0.2, 0.25) is 0 Å². The van der Waals surface area contributed by atoms with Crippen LogP contribution in [0.3, 0.4) is 0 Å². The first-order chi connectivity index (χ1) is 19.6. The summed E-state index contributed by atoms with van der Waals surface area (Å²) in [5, 5.41) is 19.9. The highest BCUT2D eigenvalue weighted by atomic mass is 16.5. The summed E-state index contributed by atoms with van der Waals surface area (Å²) in [5.74, 6) is -0.745. The van der Waals surface area contributed by atoms with Crippen LogP contribution >= 0.6 is 0 Å². The van der Waals surface area contributed by atoms with E-state index in [1.54, 1.807) is 0 Å². The van der Waals surface area contributed by atoms with E-state index in [9.17, 15) is 24.6 Å². The van der Waals surface area contributed by atoms with Crippen molar-refractivity contribution in [2.75, 3.05) is 0 Å². The number of carbonyl (C=O) groups excluding carboxylic acids is 1. The molecule has 8 atom stereocenters. The van der Waals surface area contributed by atoms with Crippen molar-refractivity contribution >= 4 is 17.9 Å². The van der Waals surface area contributed by atoms with Gasteiger partial charge >= 0.3 is 17.9 Å². The highest BCUT2D eigenvalue weighted by Gasteiger charge is 2.69. The van der Waals surface area contributed by atoms with Crippen molar-refractivity contribution < 1.29 is 29.3 Å². The van der Waals surface area contributed by atoms with Crippen LogP contribution in [0.15, 0.2) is 11.6 Å². The Morgan fingerprint density at radius 2 is 1.51 bits per heavy atom. The second-order valence-corrected chi connectivity index (χ2v) is 18.4.